The predicted octanol–water partition coefficient (Wildman–Crippen LogP) is 2.07. The van der Waals surface area contributed by atoms with Crippen LogP contribution in [0, 0.1) is 11.8 Å². The molecule has 1 aliphatic heterocycles. The van der Waals surface area contributed by atoms with Gasteiger partial charge in [0, 0.05) is 19.3 Å². The zero-order valence-electron chi connectivity index (χ0n) is 11.0. The number of pyridine rings is 1. The van der Waals surface area contributed by atoms with Crippen molar-refractivity contribution in [2.45, 2.75) is 6.92 Å². The summed E-state index contributed by atoms with van der Waals surface area (Å²) >= 11 is 0. The summed E-state index contributed by atoms with van der Waals surface area (Å²) in [6, 6.07) is 3.75. The van der Waals surface area contributed by atoms with Crippen LogP contribution in [-0.4, -0.2) is 31.2 Å². The van der Waals surface area contributed by atoms with Crippen molar-refractivity contribution in [1.29, 1.82) is 0 Å². The summed E-state index contributed by atoms with van der Waals surface area (Å²) < 4.78 is 10.2. The number of rotatable bonds is 2. The van der Waals surface area contributed by atoms with Crippen LogP contribution in [0.5, 0.6) is 0 Å². The van der Waals surface area contributed by atoms with Gasteiger partial charge in [0.1, 0.15) is 11.4 Å². The van der Waals surface area contributed by atoms with Crippen LogP contribution in [-0.2, 0) is 9.53 Å². The third-order valence-electron chi connectivity index (χ3n) is 3.77. The Morgan fingerprint density at radius 2 is 2.32 bits per heavy atom. The number of fused-ring (bicyclic) bond motifs is 1. The van der Waals surface area contributed by atoms with Crippen LogP contribution in [0.15, 0.2) is 29.0 Å². The maximum Gasteiger partial charge on any atom is 0.310 e. The zero-order valence-corrected chi connectivity index (χ0v) is 11.0. The summed E-state index contributed by atoms with van der Waals surface area (Å²) in [5.74, 6) is 0.907. The highest BCUT2D eigenvalue weighted by molar-refractivity contribution is 5.89. The molecule has 2 aromatic heterocycles. The van der Waals surface area contributed by atoms with Gasteiger partial charge in [0.25, 0.3) is 0 Å². The highest BCUT2D eigenvalue weighted by Crippen LogP contribution is 2.32. The average Bonchev–Trinajstić information content (AvgIpc) is 3.03. The SMILES string of the molecule is COC(=O)C1CN(c2nccc3occc23)CC1C. The Labute approximate surface area is 111 Å². The molecule has 2 atom stereocenters. The van der Waals surface area contributed by atoms with Crippen molar-refractivity contribution in [3.8, 4) is 0 Å². The maximum absolute atomic E-state index is 11.7. The van der Waals surface area contributed by atoms with Crippen molar-refractivity contribution < 1.29 is 13.9 Å². The number of hydrogen-bond donors (Lipinski definition) is 0. The van der Waals surface area contributed by atoms with E-state index in [4.69, 9.17) is 9.15 Å². The van der Waals surface area contributed by atoms with E-state index in [1.807, 2.05) is 12.1 Å². The average molecular weight is 260 g/mol. The lowest BCUT2D eigenvalue weighted by Gasteiger charge is -2.17. The van der Waals surface area contributed by atoms with Gasteiger partial charge in [0.2, 0.25) is 0 Å². The molecule has 100 valence electrons. The first-order chi connectivity index (χ1) is 9.20. The minimum Gasteiger partial charge on any atom is -0.469 e. The van der Waals surface area contributed by atoms with Crippen LogP contribution in [0.2, 0.25) is 0 Å². The second-order valence-corrected chi connectivity index (χ2v) is 4.98. The van der Waals surface area contributed by atoms with Crippen molar-refractivity contribution in [3.63, 3.8) is 0 Å². The van der Waals surface area contributed by atoms with Crippen LogP contribution < -0.4 is 4.90 Å². The van der Waals surface area contributed by atoms with Gasteiger partial charge in [-0.2, -0.15) is 0 Å². The minimum atomic E-state index is -0.144. The van der Waals surface area contributed by atoms with Gasteiger partial charge < -0.3 is 14.1 Å². The number of nitrogens with zero attached hydrogens (tertiary/aromatic N) is 2. The topological polar surface area (TPSA) is 55.6 Å². The first-order valence-corrected chi connectivity index (χ1v) is 6.35. The van der Waals surface area contributed by atoms with Crippen molar-refractivity contribution in [1.82, 2.24) is 4.98 Å². The fourth-order valence-corrected chi connectivity index (χ4v) is 2.73. The number of anilines is 1. The van der Waals surface area contributed by atoms with Gasteiger partial charge in [-0.15, -0.1) is 0 Å². The van der Waals surface area contributed by atoms with Crippen LogP contribution in [0.4, 0.5) is 5.82 Å². The molecule has 0 radical (unpaired) electrons. The first kappa shape index (κ1) is 12.0. The highest BCUT2D eigenvalue weighted by Gasteiger charge is 2.36. The summed E-state index contributed by atoms with van der Waals surface area (Å²) in [7, 11) is 1.44. The first-order valence-electron chi connectivity index (χ1n) is 6.35. The van der Waals surface area contributed by atoms with Gasteiger partial charge in [-0.25, -0.2) is 4.98 Å². The smallest absolute Gasteiger partial charge is 0.310 e. The van der Waals surface area contributed by atoms with E-state index >= 15 is 0 Å². The largest absolute Gasteiger partial charge is 0.469 e. The van der Waals surface area contributed by atoms with Crippen LogP contribution in [0.3, 0.4) is 0 Å². The number of aromatic nitrogens is 1. The molecule has 0 N–H and O–H groups in total. The minimum absolute atomic E-state index is 0.0889. The van der Waals surface area contributed by atoms with E-state index in [1.54, 1.807) is 12.5 Å². The Balaban J connectivity index is 1.92. The molecule has 0 amide bonds. The quantitative estimate of drug-likeness (QED) is 0.774. The van der Waals surface area contributed by atoms with E-state index in [9.17, 15) is 4.79 Å². The Hall–Kier alpha value is -2.04. The van der Waals surface area contributed by atoms with Gasteiger partial charge >= 0.3 is 5.97 Å². The zero-order chi connectivity index (χ0) is 13.4. The summed E-state index contributed by atoms with van der Waals surface area (Å²) in [6.07, 6.45) is 3.39. The van der Waals surface area contributed by atoms with Crippen molar-refractivity contribution in [2.75, 3.05) is 25.1 Å². The molecule has 0 spiro atoms. The Bertz CT molecular complexity index is 608. The molecule has 1 fully saturated rings. The van der Waals surface area contributed by atoms with Crippen molar-refractivity contribution in [3.05, 3.63) is 24.6 Å². The number of esters is 1. The molecule has 0 aliphatic carbocycles. The second-order valence-electron chi connectivity index (χ2n) is 4.98. The monoisotopic (exact) mass is 260 g/mol. The number of furan rings is 1. The molecule has 2 unspecified atom stereocenters. The molecule has 5 nitrogen and oxygen atoms in total. The van der Waals surface area contributed by atoms with E-state index in [2.05, 4.69) is 16.8 Å². The number of carbonyl (C=O) groups is 1. The van der Waals surface area contributed by atoms with Crippen molar-refractivity contribution in [2.24, 2.45) is 11.8 Å². The molecule has 2 aromatic rings. The number of methoxy groups -OCH3 is 1. The normalized spacial score (nSPS) is 22.9. The lowest BCUT2D eigenvalue weighted by Crippen LogP contribution is -2.24. The van der Waals surface area contributed by atoms with Gasteiger partial charge in [-0.05, 0) is 18.1 Å². The Kier molecular flexibility index (Phi) is 2.89. The molecule has 0 aromatic carbocycles. The Morgan fingerprint density at radius 1 is 1.47 bits per heavy atom. The van der Waals surface area contributed by atoms with E-state index < -0.39 is 0 Å². The molecule has 1 aliphatic rings. The molecular formula is C14H16N2O3. The van der Waals surface area contributed by atoms with Crippen LogP contribution in [0.1, 0.15) is 6.92 Å². The van der Waals surface area contributed by atoms with E-state index in [-0.39, 0.29) is 17.8 Å². The number of ether oxygens (including phenoxy) is 1. The maximum atomic E-state index is 11.7. The predicted molar refractivity (Wildman–Crippen MR) is 70.9 cm³/mol. The molecule has 3 heterocycles. The fraction of sp³-hybridized carbons (Fsp3) is 0.429. The number of hydrogen-bond acceptors (Lipinski definition) is 5. The lowest BCUT2D eigenvalue weighted by molar-refractivity contribution is -0.145. The van der Waals surface area contributed by atoms with Gasteiger partial charge in [-0.3, -0.25) is 4.79 Å². The fourth-order valence-electron chi connectivity index (χ4n) is 2.73. The standard InChI is InChI=1S/C14H16N2O3/c1-9-7-16(8-11(9)14(17)18-2)13-10-4-6-19-12(10)3-5-15-13/h3-6,9,11H,7-8H2,1-2H3. The third kappa shape index (κ3) is 1.95. The molecule has 19 heavy (non-hydrogen) atoms. The third-order valence-corrected chi connectivity index (χ3v) is 3.77. The van der Waals surface area contributed by atoms with Crippen molar-refractivity contribution >= 4 is 22.8 Å². The van der Waals surface area contributed by atoms with Crippen LogP contribution >= 0.6 is 0 Å². The van der Waals surface area contributed by atoms with E-state index in [0.29, 0.717) is 6.54 Å². The Morgan fingerprint density at radius 3 is 3.11 bits per heavy atom. The van der Waals surface area contributed by atoms with E-state index in [1.165, 1.54) is 7.11 Å². The highest BCUT2D eigenvalue weighted by atomic mass is 16.5. The van der Waals surface area contributed by atoms with Gasteiger partial charge in [0.05, 0.1) is 24.7 Å². The molecule has 0 bridgehead atoms. The number of carbonyl (C=O) groups excluding carboxylic acids is 1. The van der Waals surface area contributed by atoms with E-state index in [0.717, 1.165) is 23.3 Å². The molecular weight excluding hydrogens is 244 g/mol. The lowest BCUT2D eigenvalue weighted by atomic mass is 9.99. The molecule has 5 heteroatoms. The van der Waals surface area contributed by atoms with Gasteiger partial charge in [-0.1, -0.05) is 6.92 Å². The molecule has 0 saturated carbocycles. The molecule has 1 saturated heterocycles. The summed E-state index contributed by atoms with van der Waals surface area (Å²) in [5, 5.41) is 0.986. The summed E-state index contributed by atoms with van der Waals surface area (Å²) in [5.41, 5.74) is 0.819. The van der Waals surface area contributed by atoms with Crippen LogP contribution in [0.25, 0.3) is 11.0 Å². The van der Waals surface area contributed by atoms with Gasteiger partial charge in [0.15, 0.2) is 0 Å². The molecule has 3 rings (SSSR count). The second kappa shape index (κ2) is 4.57. The summed E-state index contributed by atoms with van der Waals surface area (Å²) in [4.78, 5) is 18.3. The summed E-state index contributed by atoms with van der Waals surface area (Å²) in [6.45, 7) is 3.51.